The monoisotopic (exact) mass is 264 g/mol. The third-order valence-electron chi connectivity index (χ3n) is 2.49. The first-order valence-corrected chi connectivity index (χ1v) is 5.55. The van der Waals surface area contributed by atoms with Crippen molar-refractivity contribution in [2.24, 2.45) is 0 Å². The Labute approximate surface area is 108 Å². The van der Waals surface area contributed by atoms with E-state index in [9.17, 15) is 9.59 Å². The third-order valence-corrected chi connectivity index (χ3v) is 2.49. The lowest BCUT2D eigenvalue weighted by atomic mass is 10.2. The van der Waals surface area contributed by atoms with Gasteiger partial charge in [-0.3, -0.25) is 4.79 Å². The number of aryl methyl sites for hydroxylation is 1. The number of amides is 1. The molecule has 2 heterocycles. The summed E-state index contributed by atoms with van der Waals surface area (Å²) in [6.07, 6.45) is 1.49. The molecule has 0 aliphatic heterocycles. The van der Waals surface area contributed by atoms with Gasteiger partial charge in [0.2, 0.25) is 5.91 Å². The van der Waals surface area contributed by atoms with Crippen LogP contribution in [-0.2, 0) is 17.8 Å². The lowest BCUT2D eigenvalue weighted by molar-refractivity contribution is -0.120. The molecule has 0 atom stereocenters. The second kappa shape index (κ2) is 5.38. The normalized spacial score (nSPS) is 10.4. The fraction of sp³-hybridized carbons (Fsp3) is 0.250. The summed E-state index contributed by atoms with van der Waals surface area (Å²) in [5, 5.41) is 15.1. The fourth-order valence-electron chi connectivity index (χ4n) is 1.58. The quantitative estimate of drug-likeness (QED) is 0.838. The Morgan fingerprint density at radius 1 is 1.47 bits per heavy atom. The molecule has 19 heavy (non-hydrogen) atoms. The van der Waals surface area contributed by atoms with Gasteiger partial charge in [0.05, 0.1) is 18.7 Å². The minimum atomic E-state index is -1.05. The van der Waals surface area contributed by atoms with Crippen LogP contribution >= 0.6 is 0 Å². The Balaban J connectivity index is 1.90. The smallest absolute Gasteiger partial charge is 0.339 e. The van der Waals surface area contributed by atoms with Gasteiger partial charge >= 0.3 is 5.97 Å². The van der Waals surface area contributed by atoms with Crippen molar-refractivity contribution in [3.63, 3.8) is 0 Å². The van der Waals surface area contributed by atoms with Crippen molar-refractivity contribution in [3.05, 3.63) is 41.2 Å². The molecule has 100 valence electrons. The van der Waals surface area contributed by atoms with Gasteiger partial charge < -0.3 is 19.4 Å². The highest BCUT2D eigenvalue weighted by Gasteiger charge is 2.14. The van der Waals surface area contributed by atoms with Crippen molar-refractivity contribution in [2.45, 2.75) is 19.9 Å². The molecular weight excluding hydrogens is 252 g/mol. The molecule has 0 aromatic carbocycles. The van der Waals surface area contributed by atoms with E-state index in [2.05, 4.69) is 15.0 Å². The maximum Gasteiger partial charge on any atom is 0.339 e. The molecule has 0 unspecified atom stereocenters. The zero-order valence-corrected chi connectivity index (χ0v) is 10.2. The van der Waals surface area contributed by atoms with Crippen LogP contribution in [0.25, 0.3) is 0 Å². The summed E-state index contributed by atoms with van der Waals surface area (Å²) in [5.41, 5.74) is 0.625. The van der Waals surface area contributed by atoms with Gasteiger partial charge in [0.25, 0.3) is 0 Å². The molecule has 2 aromatic heterocycles. The highest BCUT2D eigenvalue weighted by Crippen LogP contribution is 2.14. The largest absolute Gasteiger partial charge is 0.478 e. The lowest BCUT2D eigenvalue weighted by Crippen LogP contribution is -2.24. The summed E-state index contributed by atoms with van der Waals surface area (Å²) in [7, 11) is 0. The average molecular weight is 264 g/mol. The van der Waals surface area contributed by atoms with E-state index in [1.165, 1.54) is 12.3 Å². The van der Waals surface area contributed by atoms with Crippen LogP contribution in [0.2, 0.25) is 0 Å². The van der Waals surface area contributed by atoms with E-state index in [1.807, 2.05) is 0 Å². The number of carboxylic acid groups (broad SMARTS) is 1. The molecular formula is C12H12N2O5. The standard InChI is InChI=1S/C12H12N2O5/c1-7-10(12(16)17)5-9(19-7)6-13-11(15)4-8-2-3-18-14-8/h2-3,5H,4,6H2,1H3,(H,13,15)(H,16,17). The van der Waals surface area contributed by atoms with E-state index in [0.29, 0.717) is 17.2 Å². The summed E-state index contributed by atoms with van der Waals surface area (Å²) in [5.74, 6) is -0.599. The SMILES string of the molecule is Cc1oc(CNC(=O)Cc2ccon2)cc1C(=O)O. The van der Waals surface area contributed by atoms with Crippen LogP contribution in [0.4, 0.5) is 0 Å². The van der Waals surface area contributed by atoms with Gasteiger partial charge in [0.1, 0.15) is 23.3 Å². The fourth-order valence-corrected chi connectivity index (χ4v) is 1.58. The zero-order valence-electron chi connectivity index (χ0n) is 10.2. The van der Waals surface area contributed by atoms with E-state index in [0.717, 1.165) is 0 Å². The third kappa shape index (κ3) is 3.21. The van der Waals surface area contributed by atoms with Crippen molar-refractivity contribution in [1.82, 2.24) is 10.5 Å². The zero-order chi connectivity index (χ0) is 13.8. The van der Waals surface area contributed by atoms with Crippen LogP contribution in [0, 0.1) is 6.92 Å². The first kappa shape index (κ1) is 12.9. The summed E-state index contributed by atoms with van der Waals surface area (Å²) >= 11 is 0. The molecule has 7 nitrogen and oxygen atoms in total. The van der Waals surface area contributed by atoms with Gasteiger partial charge in [-0.05, 0) is 13.0 Å². The number of aromatic nitrogens is 1. The number of nitrogens with one attached hydrogen (secondary N) is 1. The highest BCUT2D eigenvalue weighted by atomic mass is 16.5. The predicted molar refractivity (Wildman–Crippen MR) is 62.5 cm³/mol. The van der Waals surface area contributed by atoms with Crippen molar-refractivity contribution in [3.8, 4) is 0 Å². The van der Waals surface area contributed by atoms with Crippen LogP contribution in [0.3, 0.4) is 0 Å². The maximum absolute atomic E-state index is 11.6. The maximum atomic E-state index is 11.6. The number of hydrogen-bond acceptors (Lipinski definition) is 5. The van der Waals surface area contributed by atoms with E-state index in [4.69, 9.17) is 9.52 Å². The number of hydrogen-bond donors (Lipinski definition) is 2. The lowest BCUT2D eigenvalue weighted by Gasteiger charge is -2.00. The molecule has 2 aromatic rings. The Hall–Kier alpha value is -2.57. The number of rotatable bonds is 5. The summed E-state index contributed by atoms with van der Waals surface area (Å²) in [6.45, 7) is 1.69. The topological polar surface area (TPSA) is 106 Å². The van der Waals surface area contributed by atoms with E-state index in [1.54, 1.807) is 13.0 Å². The van der Waals surface area contributed by atoms with Gasteiger partial charge in [-0.2, -0.15) is 0 Å². The number of furan rings is 1. The minimum Gasteiger partial charge on any atom is -0.478 e. The molecule has 7 heteroatoms. The summed E-state index contributed by atoms with van der Waals surface area (Å²) < 4.78 is 9.84. The Bertz CT molecular complexity index is 585. The van der Waals surface area contributed by atoms with Gasteiger partial charge in [0, 0.05) is 6.07 Å². The number of carboxylic acids is 1. The molecule has 0 spiro atoms. The molecule has 0 bridgehead atoms. The predicted octanol–water partition coefficient (Wildman–Crippen LogP) is 1.13. The first-order chi connectivity index (χ1) is 9.06. The van der Waals surface area contributed by atoms with Crippen molar-refractivity contribution in [1.29, 1.82) is 0 Å². The molecule has 0 saturated heterocycles. The second-order valence-corrected chi connectivity index (χ2v) is 3.93. The molecule has 0 fully saturated rings. The van der Waals surface area contributed by atoms with Crippen molar-refractivity contribution < 1.29 is 23.6 Å². The molecule has 2 rings (SSSR count). The van der Waals surface area contributed by atoms with Gasteiger partial charge in [-0.15, -0.1) is 0 Å². The number of carbonyl (C=O) groups is 2. The van der Waals surface area contributed by atoms with E-state index < -0.39 is 5.97 Å². The molecule has 0 aliphatic rings. The number of carbonyl (C=O) groups excluding carboxylic acids is 1. The number of aromatic carboxylic acids is 1. The van der Waals surface area contributed by atoms with Crippen molar-refractivity contribution >= 4 is 11.9 Å². The molecule has 0 radical (unpaired) electrons. The average Bonchev–Trinajstić information content (AvgIpc) is 2.96. The summed E-state index contributed by atoms with van der Waals surface area (Å²) in [4.78, 5) is 22.4. The summed E-state index contributed by atoms with van der Waals surface area (Å²) in [6, 6.07) is 2.99. The Morgan fingerprint density at radius 3 is 2.84 bits per heavy atom. The van der Waals surface area contributed by atoms with Gasteiger partial charge in [-0.25, -0.2) is 4.79 Å². The highest BCUT2D eigenvalue weighted by molar-refractivity contribution is 5.88. The van der Waals surface area contributed by atoms with E-state index >= 15 is 0 Å². The van der Waals surface area contributed by atoms with Crippen LogP contribution in [0.15, 0.2) is 27.3 Å². The molecule has 0 saturated carbocycles. The number of nitrogens with zero attached hydrogens (tertiary/aromatic N) is 1. The molecule has 1 amide bonds. The van der Waals surface area contributed by atoms with Gasteiger partial charge in [0.15, 0.2) is 0 Å². The first-order valence-electron chi connectivity index (χ1n) is 5.55. The van der Waals surface area contributed by atoms with Crippen LogP contribution in [0.1, 0.15) is 27.6 Å². The van der Waals surface area contributed by atoms with Crippen molar-refractivity contribution in [2.75, 3.05) is 0 Å². The molecule has 0 aliphatic carbocycles. The molecule has 2 N–H and O–H groups in total. The van der Waals surface area contributed by atoms with E-state index in [-0.39, 0.29) is 24.4 Å². The van der Waals surface area contributed by atoms with Crippen LogP contribution in [0.5, 0.6) is 0 Å². The second-order valence-electron chi connectivity index (χ2n) is 3.93. The van der Waals surface area contributed by atoms with Crippen LogP contribution in [-0.4, -0.2) is 22.1 Å². The Morgan fingerprint density at radius 2 is 2.26 bits per heavy atom. The van der Waals surface area contributed by atoms with Gasteiger partial charge in [-0.1, -0.05) is 5.16 Å². The van der Waals surface area contributed by atoms with Crippen LogP contribution < -0.4 is 5.32 Å². The Kier molecular flexibility index (Phi) is 3.65. The minimum absolute atomic E-state index is 0.0979.